The number of pyridine rings is 1. The van der Waals surface area contributed by atoms with Crippen LogP contribution in [0.25, 0.3) is 11.0 Å². The fourth-order valence-electron chi connectivity index (χ4n) is 4.94. The van der Waals surface area contributed by atoms with Crippen LogP contribution in [0.2, 0.25) is 0 Å². The Morgan fingerprint density at radius 3 is 2.75 bits per heavy atom. The standard InChI is InChI=1S/C24H23F2N3O3/c25-17-4-3-15(20(26)11-17)12-29-21-13-28(22(30)10-14-8-16(9-14)24(31)32)7-5-18(21)19-2-1-6-27-23(19)29/h1-4,6,11,14,16H,5,7-10,12-13H2,(H,31,32)/t14-,16+. The van der Waals surface area contributed by atoms with Crippen LogP contribution in [0.5, 0.6) is 0 Å². The molecule has 1 saturated carbocycles. The maximum Gasteiger partial charge on any atom is 0.306 e. The van der Waals surface area contributed by atoms with E-state index in [1.807, 2.05) is 16.7 Å². The smallest absolute Gasteiger partial charge is 0.306 e. The molecule has 1 fully saturated rings. The number of benzene rings is 1. The minimum atomic E-state index is -0.790. The highest BCUT2D eigenvalue weighted by Gasteiger charge is 2.37. The average molecular weight is 439 g/mol. The number of hydrogen-bond donors (Lipinski definition) is 1. The predicted molar refractivity (Wildman–Crippen MR) is 113 cm³/mol. The van der Waals surface area contributed by atoms with E-state index >= 15 is 0 Å². The summed E-state index contributed by atoms with van der Waals surface area (Å²) in [6, 6.07) is 7.39. The van der Waals surface area contributed by atoms with Gasteiger partial charge in [0.05, 0.1) is 19.0 Å². The van der Waals surface area contributed by atoms with E-state index in [0.29, 0.717) is 44.3 Å². The Bertz CT molecular complexity index is 1220. The van der Waals surface area contributed by atoms with Crippen molar-refractivity contribution in [1.29, 1.82) is 0 Å². The molecule has 0 bridgehead atoms. The number of carbonyl (C=O) groups excluding carboxylic acids is 1. The first kappa shape index (κ1) is 20.6. The van der Waals surface area contributed by atoms with E-state index in [2.05, 4.69) is 4.98 Å². The zero-order valence-corrected chi connectivity index (χ0v) is 17.4. The molecule has 0 unspecified atom stereocenters. The third-order valence-electron chi connectivity index (χ3n) is 6.76. The van der Waals surface area contributed by atoms with E-state index in [9.17, 15) is 18.4 Å². The molecule has 1 aliphatic heterocycles. The lowest BCUT2D eigenvalue weighted by Gasteiger charge is -2.35. The van der Waals surface area contributed by atoms with Gasteiger partial charge in [-0.15, -0.1) is 0 Å². The third kappa shape index (κ3) is 3.63. The molecule has 1 amide bonds. The number of rotatable bonds is 5. The number of carbonyl (C=O) groups is 2. The number of amides is 1. The van der Waals surface area contributed by atoms with Crippen molar-refractivity contribution in [3.63, 3.8) is 0 Å². The highest BCUT2D eigenvalue weighted by atomic mass is 19.1. The highest BCUT2D eigenvalue weighted by Crippen LogP contribution is 2.37. The van der Waals surface area contributed by atoms with Gasteiger partial charge in [0.2, 0.25) is 5.91 Å². The fraction of sp³-hybridized carbons (Fsp3) is 0.375. The molecule has 1 aromatic carbocycles. The van der Waals surface area contributed by atoms with Crippen molar-refractivity contribution in [3.8, 4) is 0 Å². The molecule has 0 atom stereocenters. The first-order chi connectivity index (χ1) is 15.4. The average Bonchev–Trinajstić information content (AvgIpc) is 3.05. The van der Waals surface area contributed by atoms with Crippen molar-refractivity contribution >= 4 is 22.9 Å². The molecule has 3 heterocycles. The van der Waals surface area contributed by atoms with Gasteiger partial charge in [-0.1, -0.05) is 6.07 Å². The molecular formula is C24H23F2N3O3. The summed E-state index contributed by atoms with van der Waals surface area (Å²) in [4.78, 5) is 30.2. The van der Waals surface area contributed by atoms with Gasteiger partial charge >= 0.3 is 5.97 Å². The van der Waals surface area contributed by atoms with Crippen LogP contribution in [0, 0.1) is 23.5 Å². The number of hydrogen-bond acceptors (Lipinski definition) is 3. The van der Waals surface area contributed by atoms with E-state index < -0.39 is 17.6 Å². The Morgan fingerprint density at radius 2 is 2.00 bits per heavy atom. The number of aliphatic carboxylic acids is 1. The molecule has 3 aromatic rings. The number of nitrogens with zero attached hydrogens (tertiary/aromatic N) is 3. The summed E-state index contributed by atoms with van der Waals surface area (Å²) in [5.41, 5.74) is 3.10. The van der Waals surface area contributed by atoms with Crippen molar-refractivity contribution < 1.29 is 23.5 Å². The maximum atomic E-state index is 14.4. The molecule has 32 heavy (non-hydrogen) atoms. The van der Waals surface area contributed by atoms with Gasteiger partial charge in [0.15, 0.2) is 0 Å². The number of fused-ring (bicyclic) bond motifs is 3. The van der Waals surface area contributed by atoms with Crippen LogP contribution >= 0.6 is 0 Å². The monoisotopic (exact) mass is 439 g/mol. The van der Waals surface area contributed by atoms with Crippen LogP contribution in [0.15, 0.2) is 36.5 Å². The van der Waals surface area contributed by atoms with Crippen molar-refractivity contribution in [2.24, 2.45) is 11.8 Å². The van der Waals surface area contributed by atoms with E-state index in [0.717, 1.165) is 28.4 Å². The zero-order valence-electron chi connectivity index (χ0n) is 17.4. The molecule has 166 valence electrons. The third-order valence-corrected chi connectivity index (χ3v) is 6.76. The fourth-order valence-corrected chi connectivity index (χ4v) is 4.94. The summed E-state index contributed by atoms with van der Waals surface area (Å²) in [7, 11) is 0. The second-order valence-corrected chi connectivity index (χ2v) is 8.76. The van der Waals surface area contributed by atoms with Crippen LogP contribution in [-0.4, -0.2) is 38.0 Å². The Kier molecular flexibility index (Phi) is 5.15. The maximum absolute atomic E-state index is 14.4. The van der Waals surface area contributed by atoms with Crippen molar-refractivity contribution in [2.75, 3.05) is 6.54 Å². The van der Waals surface area contributed by atoms with Gasteiger partial charge in [-0.05, 0) is 48.9 Å². The first-order valence-corrected chi connectivity index (χ1v) is 10.8. The Labute approximate surface area is 183 Å². The van der Waals surface area contributed by atoms with Crippen LogP contribution in [0.3, 0.4) is 0 Å². The highest BCUT2D eigenvalue weighted by molar-refractivity contribution is 5.84. The van der Waals surface area contributed by atoms with Gasteiger partial charge in [0, 0.05) is 41.9 Å². The predicted octanol–water partition coefficient (Wildman–Crippen LogP) is 3.75. The van der Waals surface area contributed by atoms with Gasteiger partial charge in [0.25, 0.3) is 0 Å². The minimum Gasteiger partial charge on any atom is -0.481 e. The quantitative estimate of drug-likeness (QED) is 0.657. The van der Waals surface area contributed by atoms with E-state index in [4.69, 9.17) is 5.11 Å². The summed E-state index contributed by atoms with van der Waals surface area (Å²) in [5.74, 6) is -2.23. The second kappa shape index (κ2) is 8.00. The van der Waals surface area contributed by atoms with Crippen molar-refractivity contribution in [3.05, 3.63) is 65.0 Å². The minimum absolute atomic E-state index is 0.0159. The molecule has 6 nitrogen and oxygen atoms in total. The largest absolute Gasteiger partial charge is 0.481 e. The van der Waals surface area contributed by atoms with Crippen LogP contribution in [0.1, 0.15) is 36.1 Å². The Hall–Kier alpha value is -3.29. The molecule has 8 heteroatoms. The summed E-state index contributed by atoms with van der Waals surface area (Å²) >= 11 is 0. The molecule has 0 spiro atoms. The molecule has 0 radical (unpaired) electrons. The number of carboxylic acids is 1. The van der Waals surface area contributed by atoms with Gasteiger partial charge in [-0.2, -0.15) is 0 Å². The lowest BCUT2D eigenvalue weighted by molar-refractivity contribution is -0.148. The topological polar surface area (TPSA) is 75.4 Å². The van der Waals surface area contributed by atoms with Crippen LogP contribution in [0.4, 0.5) is 8.78 Å². The molecule has 1 N–H and O–H groups in total. The Morgan fingerprint density at radius 1 is 1.19 bits per heavy atom. The van der Waals surface area contributed by atoms with Gasteiger partial charge < -0.3 is 14.6 Å². The SMILES string of the molecule is O=C(C[C@H]1C[C@@H](C(=O)O)C1)N1CCc2c(n(Cc3ccc(F)cc3F)c3ncccc23)C1. The van der Waals surface area contributed by atoms with Crippen LogP contribution in [-0.2, 0) is 29.1 Å². The van der Waals surface area contributed by atoms with Crippen LogP contribution < -0.4 is 0 Å². The first-order valence-electron chi connectivity index (χ1n) is 10.8. The lowest BCUT2D eigenvalue weighted by Crippen LogP contribution is -2.40. The molecule has 1 aliphatic carbocycles. The van der Waals surface area contributed by atoms with E-state index in [1.54, 1.807) is 11.1 Å². The molecule has 0 saturated heterocycles. The number of halogens is 2. The van der Waals surface area contributed by atoms with Crippen molar-refractivity contribution in [1.82, 2.24) is 14.5 Å². The van der Waals surface area contributed by atoms with Gasteiger partial charge in [-0.25, -0.2) is 13.8 Å². The molecule has 2 aliphatic rings. The zero-order chi connectivity index (χ0) is 22.4. The van der Waals surface area contributed by atoms with Gasteiger partial charge in [0.1, 0.15) is 17.3 Å². The molecule has 2 aromatic heterocycles. The molecule has 5 rings (SSSR count). The number of aromatic nitrogens is 2. The van der Waals surface area contributed by atoms with Gasteiger partial charge in [-0.3, -0.25) is 9.59 Å². The van der Waals surface area contributed by atoms with Crippen molar-refractivity contribution in [2.45, 2.75) is 38.8 Å². The summed E-state index contributed by atoms with van der Waals surface area (Å²) < 4.78 is 29.7. The van der Waals surface area contributed by atoms with E-state index in [1.165, 1.54) is 12.1 Å². The second-order valence-electron chi connectivity index (χ2n) is 8.76. The molecular weight excluding hydrogens is 416 g/mol. The number of carboxylic acid groups (broad SMARTS) is 1. The normalized spacial score (nSPS) is 20.1. The Balaban J connectivity index is 1.41. The summed E-state index contributed by atoms with van der Waals surface area (Å²) in [5, 5.41) is 10.0. The summed E-state index contributed by atoms with van der Waals surface area (Å²) in [6.07, 6.45) is 3.81. The summed E-state index contributed by atoms with van der Waals surface area (Å²) in [6.45, 7) is 1.17. The van der Waals surface area contributed by atoms with E-state index in [-0.39, 0.29) is 24.3 Å². The lowest BCUT2D eigenvalue weighted by atomic mass is 9.73.